The van der Waals surface area contributed by atoms with Crippen LogP contribution in [0.2, 0.25) is 0 Å². The van der Waals surface area contributed by atoms with Crippen molar-refractivity contribution in [2.45, 2.75) is 50.8 Å². The largest absolute Gasteiger partial charge is 0.377 e. The van der Waals surface area contributed by atoms with Crippen LogP contribution in [0.15, 0.2) is 0 Å². The van der Waals surface area contributed by atoms with Crippen molar-refractivity contribution >= 4 is 0 Å². The van der Waals surface area contributed by atoms with Crippen molar-refractivity contribution in [3.05, 3.63) is 0 Å². The van der Waals surface area contributed by atoms with Gasteiger partial charge in [-0.1, -0.05) is 0 Å². The second-order valence-corrected chi connectivity index (χ2v) is 4.97. The molecule has 3 nitrogen and oxygen atoms in total. The average molecular weight is 198 g/mol. The lowest BCUT2D eigenvalue weighted by Crippen LogP contribution is -2.57. The van der Waals surface area contributed by atoms with Gasteiger partial charge < -0.3 is 10.5 Å². The van der Waals surface area contributed by atoms with Crippen LogP contribution in [0, 0.1) is 0 Å². The number of nitrogens with two attached hydrogens (primary N) is 1. The lowest BCUT2D eigenvalue weighted by atomic mass is 9.89. The maximum Gasteiger partial charge on any atom is 0.0728 e. The molecule has 3 atom stereocenters. The van der Waals surface area contributed by atoms with Gasteiger partial charge in [0.1, 0.15) is 0 Å². The zero-order valence-corrected chi connectivity index (χ0v) is 9.33. The van der Waals surface area contributed by atoms with Crippen molar-refractivity contribution in [3.63, 3.8) is 0 Å². The Kier molecular flexibility index (Phi) is 2.82. The molecule has 0 spiro atoms. The average Bonchev–Trinajstić information content (AvgIpc) is 2.49. The summed E-state index contributed by atoms with van der Waals surface area (Å²) in [5.41, 5.74) is 6.25. The minimum absolute atomic E-state index is 0.234. The van der Waals surface area contributed by atoms with Gasteiger partial charge in [0, 0.05) is 24.7 Å². The Labute approximate surface area is 86.6 Å². The lowest BCUT2D eigenvalue weighted by molar-refractivity contribution is 0.00649. The fourth-order valence-corrected chi connectivity index (χ4v) is 2.71. The first-order valence-corrected chi connectivity index (χ1v) is 5.75. The Morgan fingerprint density at radius 3 is 2.86 bits per heavy atom. The first-order chi connectivity index (χ1) is 6.63. The van der Waals surface area contributed by atoms with Crippen molar-refractivity contribution in [2.24, 2.45) is 5.73 Å². The maximum absolute atomic E-state index is 6.01. The zero-order valence-electron chi connectivity index (χ0n) is 9.33. The minimum atomic E-state index is 0.234. The van der Waals surface area contributed by atoms with Crippen LogP contribution in [0.1, 0.15) is 33.1 Å². The third-order valence-corrected chi connectivity index (χ3v) is 4.03. The van der Waals surface area contributed by atoms with Gasteiger partial charge in [0.05, 0.1) is 6.10 Å². The summed E-state index contributed by atoms with van der Waals surface area (Å²) in [6, 6.07) is 0.369. The van der Waals surface area contributed by atoms with E-state index in [1.54, 1.807) is 0 Å². The highest BCUT2D eigenvalue weighted by Gasteiger charge is 2.43. The van der Waals surface area contributed by atoms with Gasteiger partial charge in [-0.25, -0.2) is 0 Å². The minimum Gasteiger partial charge on any atom is -0.377 e. The molecule has 0 amide bonds. The molecular formula is C11H22N2O. The molecule has 0 radical (unpaired) electrons. The van der Waals surface area contributed by atoms with Crippen LogP contribution < -0.4 is 5.73 Å². The number of nitrogens with zero attached hydrogens (tertiary/aromatic N) is 1. The first kappa shape index (κ1) is 10.4. The molecule has 2 fully saturated rings. The van der Waals surface area contributed by atoms with Crippen LogP contribution >= 0.6 is 0 Å². The quantitative estimate of drug-likeness (QED) is 0.682. The van der Waals surface area contributed by atoms with E-state index in [0.717, 1.165) is 19.6 Å². The fraction of sp³-hybridized carbons (Fsp3) is 1.00. The zero-order chi connectivity index (χ0) is 10.2. The molecule has 3 heteroatoms. The summed E-state index contributed by atoms with van der Waals surface area (Å²) in [6.07, 6.45) is 3.93. The summed E-state index contributed by atoms with van der Waals surface area (Å²) < 4.78 is 5.67. The van der Waals surface area contributed by atoms with Crippen LogP contribution in [0.3, 0.4) is 0 Å². The highest BCUT2D eigenvalue weighted by atomic mass is 16.5. The second kappa shape index (κ2) is 3.80. The third kappa shape index (κ3) is 1.69. The number of rotatable bonds is 1. The number of hydrogen-bond acceptors (Lipinski definition) is 3. The van der Waals surface area contributed by atoms with E-state index in [4.69, 9.17) is 10.5 Å². The fourth-order valence-electron chi connectivity index (χ4n) is 2.71. The highest BCUT2D eigenvalue weighted by molar-refractivity contribution is 4.97. The Morgan fingerprint density at radius 1 is 1.50 bits per heavy atom. The van der Waals surface area contributed by atoms with Gasteiger partial charge in [-0.3, -0.25) is 4.90 Å². The molecule has 0 aromatic rings. The molecular weight excluding hydrogens is 176 g/mol. The Hall–Kier alpha value is -0.120. The SMILES string of the molecule is CC1OCCC1(C)N1CCCC(N)C1. The van der Waals surface area contributed by atoms with Gasteiger partial charge in [-0.15, -0.1) is 0 Å². The maximum atomic E-state index is 6.01. The molecule has 2 aliphatic rings. The van der Waals surface area contributed by atoms with E-state index in [-0.39, 0.29) is 5.54 Å². The molecule has 2 aliphatic heterocycles. The van der Waals surface area contributed by atoms with Gasteiger partial charge in [0.25, 0.3) is 0 Å². The topological polar surface area (TPSA) is 38.5 Å². The molecule has 2 rings (SSSR count). The normalized spacial score (nSPS) is 45.6. The smallest absolute Gasteiger partial charge is 0.0728 e. The number of hydrogen-bond donors (Lipinski definition) is 1. The van der Waals surface area contributed by atoms with E-state index < -0.39 is 0 Å². The molecule has 14 heavy (non-hydrogen) atoms. The summed E-state index contributed by atoms with van der Waals surface area (Å²) in [4.78, 5) is 2.54. The first-order valence-electron chi connectivity index (χ1n) is 5.75. The molecule has 82 valence electrons. The molecule has 0 aliphatic carbocycles. The van der Waals surface area contributed by atoms with Gasteiger partial charge in [-0.05, 0) is 39.7 Å². The van der Waals surface area contributed by atoms with Gasteiger partial charge in [0.2, 0.25) is 0 Å². The van der Waals surface area contributed by atoms with Gasteiger partial charge in [0.15, 0.2) is 0 Å². The van der Waals surface area contributed by atoms with Crippen LogP contribution in [-0.4, -0.2) is 42.3 Å². The van der Waals surface area contributed by atoms with E-state index in [1.807, 2.05) is 0 Å². The molecule has 0 saturated carbocycles. The molecule has 2 heterocycles. The predicted octanol–water partition coefficient (Wildman–Crippen LogP) is 0.977. The Balaban J connectivity index is 2.05. The van der Waals surface area contributed by atoms with Crippen molar-refractivity contribution in [2.75, 3.05) is 19.7 Å². The van der Waals surface area contributed by atoms with Crippen LogP contribution in [-0.2, 0) is 4.74 Å². The molecule has 0 bridgehead atoms. The molecule has 0 aromatic carbocycles. The number of ether oxygens (including phenoxy) is 1. The Morgan fingerprint density at radius 2 is 2.29 bits per heavy atom. The van der Waals surface area contributed by atoms with Crippen molar-refractivity contribution in [3.8, 4) is 0 Å². The van der Waals surface area contributed by atoms with Gasteiger partial charge >= 0.3 is 0 Å². The summed E-state index contributed by atoms with van der Waals surface area (Å²) in [7, 11) is 0. The summed E-state index contributed by atoms with van der Waals surface area (Å²) in [5, 5.41) is 0. The monoisotopic (exact) mass is 198 g/mol. The standard InChI is InChI=1S/C11H22N2O/c1-9-11(2,5-7-14-9)13-6-3-4-10(12)8-13/h9-10H,3-8,12H2,1-2H3. The third-order valence-electron chi connectivity index (χ3n) is 4.03. The summed E-state index contributed by atoms with van der Waals surface area (Å²) in [6.45, 7) is 7.65. The summed E-state index contributed by atoms with van der Waals surface area (Å²) >= 11 is 0. The molecule has 0 aromatic heterocycles. The van der Waals surface area contributed by atoms with Crippen LogP contribution in [0.5, 0.6) is 0 Å². The molecule has 3 unspecified atom stereocenters. The number of piperidine rings is 1. The summed E-state index contributed by atoms with van der Waals surface area (Å²) in [5.74, 6) is 0. The van der Waals surface area contributed by atoms with E-state index in [0.29, 0.717) is 12.1 Å². The molecule has 2 saturated heterocycles. The van der Waals surface area contributed by atoms with Crippen LogP contribution in [0.4, 0.5) is 0 Å². The van der Waals surface area contributed by atoms with Crippen molar-refractivity contribution in [1.82, 2.24) is 4.90 Å². The second-order valence-electron chi connectivity index (χ2n) is 4.97. The van der Waals surface area contributed by atoms with E-state index in [2.05, 4.69) is 18.7 Å². The van der Waals surface area contributed by atoms with Crippen LogP contribution in [0.25, 0.3) is 0 Å². The highest BCUT2D eigenvalue weighted by Crippen LogP contribution is 2.33. The molecule has 2 N–H and O–H groups in total. The Bertz CT molecular complexity index is 209. The van der Waals surface area contributed by atoms with E-state index in [1.165, 1.54) is 19.4 Å². The van der Waals surface area contributed by atoms with Crippen molar-refractivity contribution < 1.29 is 4.74 Å². The van der Waals surface area contributed by atoms with Crippen molar-refractivity contribution in [1.29, 1.82) is 0 Å². The predicted molar refractivity (Wildman–Crippen MR) is 57.2 cm³/mol. The van der Waals surface area contributed by atoms with Gasteiger partial charge in [-0.2, -0.15) is 0 Å². The van der Waals surface area contributed by atoms with E-state index >= 15 is 0 Å². The number of likely N-dealkylation sites (tertiary alicyclic amines) is 1. The van der Waals surface area contributed by atoms with E-state index in [9.17, 15) is 0 Å². The lowest BCUT2D eigenvalue weighted by Gasteiger charge is -2.44.